The Morgan fingerprint density at radius 2 is 2.10 bits per heavy atom. The van der Waals surface area contributed by atoms with Crippen LogP contribution in [0.3, 0.4) is 0 Å². The first-order valence-corrected chi connectivity index (χ1v) is 6.81. The van der Waals surface area contributed by atoms with Crippen LogP contribution in [0.15, 0.2) is 30.3 Å². The smallest absolute Gasteiger partial charge is 0.254 e. The second kappa shape index (κ2) is 8.25. The molecule has 4 nitrogen and oxygen atoms in total. The molecular weight excluding hydrogens is 276 g/mol. The third-order valence-corrected chi connectivity index (χ3v) is 3.73. The van der Waals surface area contributed by atoms with Gasteiger partial charge in [-0.3, -0.25) is 4.79 Å². The molecule has 1 aromatic rings. The molecule has 5 heteroatoms. The van der Waals surface area contributed by atoms with E-state index >= 15 is 0 Å². The van der Waals surface area contributed by atoms with E-state index in [1.165, 1.54) is 0 Å². The van der Waals surface area contributed by atoms with Crippen molar-refractivity contribution in [1.29, 1.82) is 0 Å². The highest BCUT2D eigenvalue weighted by Crippen LogP contribution is 2.18. The predicted molar refractivity (Wildman–Crippen MR) is 82.0 cm³/mol. The van der Waals surface area contributed by atoms with E-state index in [9.17, 15) is 4.79 Å². The number of hydrogen-bond donors (Lipinski definition) is 2. The van der Waals surface area contributed by atoms with E-state index in [4.69, 9.17) is 4.74 Å². The van der Waals surface area contributed by atoms with Gasteiger partial charge in [-0.2, -0.15) is 0 Å². The number of piperidine rings is 1. The minimum Gasteiger partial charge on any atom is -0.367 e. The van der Waals surface area contributed by atoms with Crippen molar-refractivity contribution in [3.8, 4) is 0 Å². The SMILES string of the molecule is COC(C(=O)NC1CNCCC1C)c1ccccc1.Cl. The third-order valence-electron chi connectivity index (χ3n) is 3.73. The lowest BCUT2D eigenvalue weighted by Gasteiger charge is -2.31. The van der Waals surface area contributed by atoms with Crippen molar-refractivity contribution in [2.45, 2.75) is 25.5 Å². The summed E-state index contributed by atoms with van der Waals surface area (Å²) in [5, 5.41) is 6.40. The van der Waals surface area contributed by atoms with Crippen LogP contribution in [0.2, 0.25) is 0 Å². The summed E-state index contributed by atoms with van der Waals surface area (Å²) in [6.45, 7) is 4.04. The maximum absolute atomic E-state index is 12.3. The summed E-state index contributed by atoms with van der Waals surface area (Å²) in [7, 11) is 1.57. The molecule has 20 heavy (non-hydrogen) atoms. The number of ether oxygens (including phenoxy) is 1. The minimum atomic E-state index is -0.532. The predicted octanol–water partition coefficient (Wildman–Crippen LogP) is 1.91. The molecule has 0 bridgehead atoms. The molecule has 3 atom stereocenters. The fraction of sp³-hybridized carbons (Fsp3) is 0.533. The highest BCUT2D eigenvalue weighted by Gasteiger charge is 2.27. The highest BCUT2D eigenvalue weighted by atomic mass is 35.5. The van der Waals surface area contributed by atoms with Gasteiger partial charge in [-0.25, -0.2) is 0 Å². The zero-order chi connectivity index (χ0) is 13.7. The first kappa shape index (κ1) is 17.0. The molecule has 2 rings (SSSR count). The molecule has 1 heterocycles. The molecule has 0 aliphatic carbocycles. The van der Waals surface area contributed by atoms with Crippen LogP contribution in [0, 0.1) is 5.92 Å². The second-order valence-corrected chi connectivity index (χ2v) is 5.11. The normalized spacial score (nSPS) is 23.5. The van der Waals surface area contributed by atoms with Gasteiger partial charge in [0, 0.05) is 19.7 Å². The number of amides is 1. The molecule has 1 saturated heterocycles. The van der Waals surface area contributed by atoms with E-state index in [0.29, 0.717) is 5.92 Å². The van der Waals surface area contributed by atoms with Gasteiger partial charge in [0.25, 0.3) is 5.91 Å². The van der Waals surface area contributed by atoms with Gasteiger partial charge in [0.05, 0.1) is 0 Å². The Morgan fingerprint density at radius 3 is 2.70 bits per heavy atom. The lowest BCUT2D eigenvalue weighted by molar-refractivity contribution is -0.132. The van der Waals surface area contributed by atoms with Gasteiger partial charge >= 0.3 is 0 Å². The molecule has 0 aromatic heterocycles. The van der Waals surface area contributed by atoms with Crippen LogP contribution in [0.25, 0.3) is 0 Å². The van der Waals surface area contributed by atoms with Gasteiger partial charge in [0.1, 0.15) is 0 Å². The average molecular weight is 299 g/mol. The molecule has 2 N–H and O–H groups in total. The molecule has 1 aliphatic rings. The van der Waals surface area contributed by atoms with Crippen LogP contribution < -0.4 is 10.6 Å². The van der Waals surface area contributed by atoms with Crippen molar-refractivity contribution in [3.63, 3.8) is 0 Å². The molecule has 112 valence electrons. The van der Waals surface area contributed by atoms with Crippen molar-refractivity contribution >= 4 is 18.3 Å². The summed E-state index contributed by atoms with van der Waals surface area (Å²) in [5.41, 5.74) is 0.888. The molecule has 3 unspecified atom stereocenters. The Hall–Kier alpha value is -1.10. The molecular formula is C15H23ClN2O2. The fourth-order valence-corrected chi connectivity index (χ4v) is 2.46. The topological polar surface area (TPSA) is 50.4 Å². The van der Waals surface area contributed by atoms with Gasteiger partial charge in [-0.1, -0.05) is 37.3 Å². The standard InChI is InChI=1S/C15H22N2O2.ClH/c1-11-8-9-16-10-13(11)17-15(18)14(19-2)12-6-4-3-5-7-12;/h3-7,11,13-14,16H,8-10H2,1-2H3,(H,17,18);1H. The number of carbonyl (C=O) groups is 1. The van der Waals surface area contributed by atoms with Crippen molar-refractivity contribution in [3.05, 3.63) is 35.9 Å². The average Bonchev–Trinajstić information content (AvgIpc) is 2.43. The maximum atomic E-state index is 12.3. The zero-order valence-electron chi connectivity index (χ0n) is 12.0. The molecule has 1 aliphatic heterocycles. The second-order valence-electron chi connectivity index (χ2n) is 5.11. The monoisotopic (exact) mass is 298 g/mol. The van der Waals surface area contributed by atoms with E-state index < -0.39 is 6.10 Å². The van der Waals surface area contributed by atoms with E-state index in [2.05, 4.69) is 17.6 Å². The Morgan fingerprint density at radius 1 is 1.40 bits per heavy atom. The van der Waals surface area contributed by atoms with Crippen molar-refractivity contribution in [2.75, 3.05) is 20.2 Å². The Bertz CT molecular complexity index is 414. The first-order chi connectivity index (χ1) is 9.22. The van der Waals surface area contributed by atoms with Crippen molar-refractivity contribution < 1.29 is 9.53 Å². The van der Waals surface area contributed by atoms with Crippen LogP contribution in [0.5, 0.6) is 0 Å². The van der Waals surface area contributed by atoms with Crippen molar-refractivity contribution in [2.24, 2.45) is 5.92 Å². The Kier molecular flexibility index (Phi) is 6.99. The lowest BCUT2D eigenvalue weighted by Crippen LogP contribution is -2.51. The van der Waals surface area contributed by atoms with Crippen LogP contribution >= 0.6 is 12.4 Å². The molecule has 1 amide bonds. The van der Waals surface area contributed by atoms with E-state index in [1.54, 1.807) is 7.11 Å². The first-order valence-electron chi connectivity index (χ1n) is 6.81. The summed E-state index contributed by atoms with van der Waals surface area (Å²) >= 11 is 0. The van der Waals surface area contributed by atoms with Gasteiger partial charge in [0.15, 0.2) is 6.10 Å². The van der Waals surface area contributed by atoms with E-state index in [-0.39, 0.29) is 24.4 Å². The molecule has 1 aromatic carbocycles. The highest BCUT2D eigenvalue weighted by molar-refractivity contribution is 5.85. The number of carbonyl (C=O) groups excluding carboxylic acids is 1. The summed E-state index contributed by atoms with van der Waals surface area (Å²) in [6.07, 6.45) is 0.559. The summed E-state index contributed by atoms with van der Waals surface area (Å²) < 4.78 is 5.34. The van der Waals surface area contributed by atoms with Gasteiger partial charge in [0.2, 0.25) is 0 Å². The van der Waals surface area contributed by atoms with Gasteiger partial charge in [-0.05, 0) is 24.4 Å². The Balaban J connectivity index is 0.00000200. The van der Waals surface area contributed by atoms with Gasteiger partial charge in [-0.15, -0.1) is 12.4 Å². The molecule has 0 saturated carbocycles. The minimum absolute atomic E-state index is 0. The van der Waals surface area contributed by atoms with Crippen LogP contribution in [-0.4, -0.2) is 32.1 Å². The number of benzene rings is 1. The number of halogens is 1. The summed E-state index contributed by atoms with van der Waals surface area (Å²) in [4.78, 5) is 12.3. The largest absolute Gasteiger partial charge is 0.367 e. The number of hydrogen-bond acceptors (Lipinski definition) is 3. The van der Waals surface area contributed by atoms with E-state index in [1.807, 2.05) is 30.3 Å². The van der Waals surface area contributed by atoms with Crippen LogP contribution in [-0.2, 0) is 9.53 Å². The number of rotatable bonds is 4. The lowest BCUT2D eigenvalue weighted by atomic mass is 9.94. The summed E-state index contributed by atoms with van der Waals surface area (Å²) in [5.74, 6) is 0.438. The van der Waals surface area contributed by atoms with E-state index in [0.717, 1.165) is 25.1 Å². The summed E-state index contributed by atoms with van der Waals surface area (Å²) in [6, 6.07) is 9.77. The fourth-order valence-electron chi connectivity index (χ4n) is 2.46. The Labute approximate surface area is 126 Å². The molecule has 1 fully saturated rings. The third kappa shape index (κ3) is 4.20. The van der Waals surface area contributed by atoms with Crippen molar-refractivity contribution in [1.82, 2.24) is 10.6 Å². The number of nitrogens with one attached hydrogen (secondary N) is 2. The zero-order valence-corrected chi connectivity index (χ0v) is 12.8. The maximum Gasteiger partial charge on any atom is 0.254 e. The van der Waals surface area contributed by atoms with Gasteiger partial charge < -0.3 is 15.4 Å². The molecule has 0 spiro atoms. The van der Waals surface area contributed by atoms with Crippen LogP contribution in [0.4, 0.5) is 0 Å². The van der Waals surface area contributed by atoms with Crippen LogP contribution in [0.1, 0.15) is 25.0 Å². The number of methoxy groups -OCH3 is 1. The molecule has 0 radical (unpaired) electrons. The quantitative estimate of drug-likeness (QED) is 0.893.